The van der Waals surface area contributed by atoms with Gasteiger partial charge in [0.25, 0.3) is 0 Å². The molecular formula is C11H13N3O2. The lowest BCUT2D eigenvalue weighted by atomic mass is 10.2. The van der Waals surface area contributed by atoms with Gasteiger partial charge in [-0.3, -0.25) is 9.36 Å². The molecule has 0 fully saturated rings. The first-order valence-electron chi connectivity index (χ1n) is 5.06. The molecule has 0 unspecified atom stereocenters. The maximum absolute atomic E-state index is 11.9. The van der Waals surface area contributed by atoms with Gasteiger partial charge in [-0.2, -0.15) is 0 Å². The van der Waals surface area contributed by atoms with Crippen molar-refractivity contribution in [1.82, 2.24) is 9.13 Å². The zero-order valence-electron chi connectivity index (χ0n) is 9.23. The Balaban J connectivity index is 2.91. The van der Waals surface area contributed by atoms with Gasteiger partial charge in [-0.1, -0.05) is 6.92 Å². The lowest BCUT2D eigenvalue weighted by Gasteiger charge is -1.99. The van der Waals surface area contributed by atoms with Crippen molar-refractivity contribution in [3.63, 3.8) is 0 Å². The van der Waals surface area contributed by atoms with E-state index in [1.54, 1.807) is 32.2 Å². The Kier molecular flexibility index (Phi) is 2.30. The molecule has 1 heterocycles. The average Bonchev–Trinajstić information content (AvgIpc) is 2.51. The van der Waals surface area contributed by atoms with Crippen molar-refractivity contribution in [3.05, 3.63) is 28.7 Å². The molecule has 0 aliphatic rings. The Bertz CT molecular complexity index is 622. The van der Waals surface area contributed by atoms with E-state index >= 15 is 0 Å². The molecule has 1 aromatic heterocycles. The third-order valence-corrected chi connectivity index (χ3v) is 2.63. The van der Waals surface area contributed by atoms with E-state index in [-0.39, 0.29) is 18.0 Å². The zero-order valence-corrected chi connectivity index (χ0v) is 9.23. The number of nitrogen functional groups attached to an aromatic ring is 1. The average molecular weight is 219 g/mol. The standard InChI is InChI=1S/C11H13N3O2/c1-3-10(15)14-9-6-7(12)4-5-8(9)13(2)11(14)16/h4-6H,3,12H2,1-2H3. The highest BCUT2D eigenvalue weighted by Crippen LogP contribution is 2.16. The summed E-state index contributed by atoms with van der Waals surface area (Å²) < 4.78 is 2.62. The van der Waals surface area contributed by atoms with Gasteiger partial charge in [-0.05, 0) is 18.2 Å². The van der Waals surface area contributed by atoms with Crippen molar-refractivity contribution in [2.45, 2.75) is 13.3 Å². The quantitative estimate of drug-likeness (QED) is 0.726. The topological polar surface area (TPSA) is 70.0 Å². The minimum absolute atomic E-state index is 0.221. The molecular weight excluding hydrogens is 206 g/mol. The molecule has 5 nitrogen and oxygen atoms in total. The van der Waals surface area contributed by atoms with Crippen LogP contribution in [-0.4, -0.2) is 15.0 Å². The van der Waals surface area contributed by atoms with Gasteiger partial charge < -0.3 is 5.73 Å². The smallest absolute Gasteiger partial charge is 0.335 e. The second-order valence-electron chi connectivity index (χ2n) is 3.67. The van der Waals surface area contributed by atoms with Gasteiger partial charge in [-0.15, -0.1) is 0 Å². The van der Waals surface area contributed by atoms with Gasteiger partial charge in [0.1, 0.15) is 0 Å². The van der Waals surface area contributed by atoms with E-state index in [1.807, 2.05) is 0 Å². The van der Waals surface area contributed by atoms with Gasteiger partial charge in [-0.25, -0.2) is 9.36 Å². The van der Waals surface area contributed by atoms with Crippen molar-refractivity contribution in [1.29, 1.82) is 0 Å². The molecule has 0 saturated heterocycles. The Hall–Kier alpha value is -2.04. The number of nitrogens with zero attached hydrogens (tertiary/aromatic N) is 2. The number of aromatic nitrogens is 2. The van der Waals surface area contributed by atoms with Gasteiger partial charge in [0.05, 0.1) is 11.0 Å². The van der Waals surface area contributed by atoms with E-state index in [9.17, 15) is 9.59 Å². The fourth-order valence-corrected chi connectivity index (χ4v) is 1.76. The molecule has 0 aliphatic heterocycles. The first-order valence-corrected chi connectivity index (χ1v) is 5.06. The molecule has 2 N–H and O–H groups in total. The first kappa shape index (κ1) is 10.5. The molecule has 5 heteroatoms. The van der Waals surface area contributed by atoms with E-state index in [0.717, 1.165) is 0 Å². The van der Waals surface area contributed by atoms with E-state index in [2.05, 4.69) is 0 Å². The predicted molar refractivity (Wildman–Crippen MR) is 62.5 cm³/mol. The summed E-state index contributed by atoms with van der Waals surface area (Å²) in [7, 11) is 1.64. The number of hydrogen-bond acceptors (Lipinski definition) is 3. The summed E-state index contributed by atoms with van der Waals surface area (Å²) in [4.78, 5) is 23.5. The van der Waals surface area contributed by atoms with Crippen molar-refractivity contribution in [2.24, 2.45) is 7.05 Å². The normalized spacial score (nSPS) is 10.9. The zero-order chi connectivity index (χ0) is 11.9. The number of rotatable bonds is 1. The van der Waals surface area contributed by atoms with E-state index in [4.69, 9.17) is 5.73 Å². The maximum atomic E-state index is 11.9. The molecule has 16 heavy (non-hydrogen) atoms. The lowest BCUT2D eigenvalue weighted by Crippen LogP contribution is -2.27. The molecule has 0 saturated carbocycles. The molecule has 0 atom stereocenters. The van der Waals surface area contributed by atoms with Crippen LogP contribution in [0.4, 0.5) is 5.69 Å². The Morgan fingerprint density at radius 2 is 2.06 bits per heavy atom. The fourth-order valence-electron chi connectivity index (χ4n) is 1.76. The van der Waals surface area contributed by atoms with Crippen LogP contribution < -0.4 is 11.4 Å². The number of carbonyl (C=O) groups excluding carboxylic acids is 1. The highest BCUT2D eigenvalue weighted by atomic mass is 16.2. The van der Waals surface area contributed by atoms with E-state index in [1.165, 1.54) is 9.13 Å². The van der Waals surface area contributed by atoms with Gasteiger partial charge in [0.2, 0.25) is 5.91 Å². The number of carbonyl (C=O) groups is 1. The summed E-state index contributed by atoms with van der Waals surface area (Å²) in [6.45, 7) is 1.72. The van der Waals surface area contributed by atoms with Crippen LogP contribution in [0.1, 0.15) is 18.1 Å². The Morgan fingerprint density at radius 1 is 1.38 bits per heavy atom. The largest absolute Gasteiger partial charge is 0.399 e. The third kappa shape index (κ3) is 1.32. The number of hydrogen-bond donors (Lipinski definition) is 1. The minimum Gasteiger partial charge on any atom is -0.399 e. The number of fused-ring (bicyclic) bond motifs is 1. The number of anilines is 1. The lowest BCUT2D eigenvalue weighted by molar-refractivity contribution is 0.0909. The molecule has 0 spiro atoms. The summed E-state index contributed by atoms with van der Waals surface area (Å²) in [5.41, 5.74) is 7.15. The van der Waals surface area contributed by atoms with Crippen LogP contribution in [0.2, 0.25) is 0 Å². The molecule has 84 valence electrons. The fraction of sp³-hybridized carbons (Fsp3) is 0.273. The summed E-state index contributed by atoms with van der Waals surface area (Å²) in [5, 5.41) is 0. The molecule has 1 aromatic carbocycles. The first-order chi connectivity index (χ1) is 7.56. The predicted octanol–water partition coefficient (Wildman–Crippen LogP) is 0.972. The maximum Gasteiger partial charge on any atom is 0.335 e. The van der Waals surface area contributed by atoms with Crippen molar-refractivity contribution in [3.8, 4) is 0 Å². The highest BCUT2D eigenvalue weighted by molar-refractivity contribution is 5.91. The third-order valence-electron chi connectivity index (χ3n) is 2.63. The van der Waals surface area contributed by atoms with Crippen molar-refractivity contribution >= 4 is 22.6 Å². The Labute approximate surface area is 92.1 Å². The van der Waals surface area contributed by atoms with Crippen molar-refractivity contribution in [2.75, 3.05) is 5.73 Å². The van der Waals surface area contributed by atoms with Crippen LogP contribution in [-0.2, 0) is 7.05 Å². The number of aryl methyl sites for hydroxylation is 1. The molecule has 0 aliphatic carbocycles. The summed E-state index contributed by atoms with van der Waals surface area (Å²) in [5.74, 6) is -0.221. The van der Waals surface area contributed by atoms with Crippen molar-refractivity contribution < 1.29 is 4.79 Å². The summed E-state index contributed by atoms with van der Waals surface area (Å²) in [6.07, 6.45) is 0.286. The SMILES string of the molecule is CCC(=O)n1c(=O)n(C)c2ccc(N)cc21. The van der Waals surface area contributed by atoms with Gasteiger partial charge in [0, 0.05) is 19.2 Å². The monoisotopic (exact) mass is 219 g/mol. The van der Waals surface area contributed by atoms with E-state index in [0.29, 0.717) is 16.7 Å². The summed E-state index contributed by atoms with van der Waals surface area (Å²) in [6, 6.07) is 5.10. The minimum atomic E-state index is -0.326. The number of benzene rings is 1. The molecule has 2 rings (SSSR count). The Morgan fingerprint density at radius 3 is 2.69 bits per heavy atom. The second-order valence-corrected chi connectivity index (χ2v) is 3.67. The van der Waals surface area contributed by atoms with Crippen LogP contribution in [0.25, 0.3) is 11.0 Å². The van der Waals surface area contributed by atoms with Gasteiger partial charge >= 0.3 is 5.69 Å². The van der Waals surface area contributed by atoms with Crippen LogP contribution in [0.15, 0.2) is 23.0 Å². The summed E-state index contributed by atoms with van der Waals surface area (Å²) >= 11 is 0. The van der Waals surface area contributed by atoms with Crippen LogP contribution in [0.3, 0.4) is 0 Å². The van der Waals surface area contributed by atoms with Crippen LogP contribution in [0.5, 0.6) is 0 Å². The van der Waals surface area contributed by atoms with Crippen LogP contribution in [0, 0.1) is 0 Å². The number of imidazole rings is 1. The molecule has 0 amide bonds. The van der Waals surface area contributed by atoms with E-state index < -0.39 is 0 Å². The van der Waals surface area contributed by atoms with Gasteiger partial charge in [0.15, 0.2) is 0 Å². The second kappa shape index (κ2) is 3.52. The van der Waals surface area contributed by atoms with Crippen LogP contribution >= 0.6 is 0 Å². The number of nitrogens with two attached hydrogens (primary N) is 1. The molecule has 0 bridgehead atoms. The molecule has 0 radical (unpaired) electrons. The highest BCUT2D eigenvalue weighted by Gasteiger charge is 2.15. The molecule has 2 aromatic rings.